The molecule has 0 bridgehead atoms. The molecule has 0 aliphatic rings. The number of hydrogen-bond acceptors (Lipinski definition) is 3. The Bertz CT molecular complexity index is 550. The zero-order valence-electron chi connectivity index (χ0n) is 12.4. The molecule has 0 saturated heterocycles. The van der Waals surface area contributed by atoms with Gasteiger partial charge in [-0.1, -0.05) is 31.2 Å². The number of rotatable bonds is 6. The summed E-state index contributed by atoms with van der Waals surface area (Å²) in [5.74, 6) is 0.929. The lowest BCUT2D eigenvalue weighted by molar-refractivity contribution is 0.293. The summed E-state index contributed by atoms with van der Waals surface area (Å²) in [6.07, 6.45) is 2.83. The fraction of sp³-hybridized carbons (Fsp3) is 0.353. The van der Waals surface area contributed by atoms with E-state index in [1.807, 2.05) is 31.3 Å². The standard InChI is InChI=1S/C17H22N2O/c1-4-15(18-3)14-9-5-6-10-17(14)20-12-16-13(2)8-7-11-19-16/h5-11,15,18H,4,12H2,1-3H3. The van der Waals surface area contributed by atoms with Gasteiger partial charge in [-0.2, -0.15) is 0 Å². The molecular formula is C17H22N2O. The summed E-state index contributed by atoms with van der Waals surface area (Å²) in [7, 11) is 1.98. The monoisotopic (exact) mass is 270 g/mol. The number of nitrogens with one attached hydrogen (secondary N) is 1. The summed E-state index contributed by atoms with van der Waals surface area (Å²) in [5, 5.41) is 3.32. The quantitative estimate of drug-likeness (QED) is 0.870. The molecule has 0 spiro atoms. The fourth-order valence-electron chi connectivity index (χ4n) is 2.29. The Labute approximate surface area is 121 Å². The highest BCUT2D eigenvalue weighted by Gasteiger charge is 2.12. The van der Waals surface area contributed by atoms with Crippen LogP contribution in [0, 0.1) is 6.92 Å². The zero-order valence-corrected chi connectivity index (χ0v) is 12.4. The normalized spacial score (nSPS) is 12.2. The first-order valence-corrected chi connectivity index (χ1v) is 7.05. The molecule has 0 aliphatic carbocycles. The Morgan fingerprint density at radius 1 is 1.20 bits per heavy atom. The topological polar surface area (TPSA) is 34.1 Å². The molecule has 2 rings (SSSR count). The average Bonchev–Trinajstić information content (AvgIpc) is 2.49. The summed E-state index contributed by atoms with van der Waals surface area (Å²) >= 11 is 0. The van der Waals surface area contributed by atoms with Crippen molar-refractivity contribution in [2.45, 2.75) is 32.9 Å². The van der Waals surface area contributed by atoms with E-state index in [1.165, 1.54) is 5.56 Å². The molecule has 0 saturated carbocycles. The Hall–Kier alpha value is -1.87. The molecule has 1 heterocycles. The van der Waals surface area contributed by atoms with Crippen LogP contribution in [0.5, 0.6) is 5.75 Å². The average molecular weight is 270 g/mol. The summed E-state index contributed by atoms with van der Waals surface area (Å²) in [6.45, 7) is 4.73. The van der Waals surface area contributed by atoms with Gasteiger partial charge in [0.15, 0.2) is 0 Å². The van der Waals surface area contributed by atoms with Gasteiger partial charge in [0.05, 0.1) is 5.69 Å². The van der Waals surface area contributed by atoms with Crippen molar-refractivity contribution in [1.82, 2.24) is 10.3 Å². The van der Waals surface area contributed by atoms with E-state index in [0.717, 1.165) is 23.4 Å². The van der Waals surface area contributed by atoms with E-state index in [9.17, 15) is 0 Å². The van der Waals surface area contributed by atoms with Crippen LogP contribution in [-0.2, 0) is 6.61 Å². The van der Waals surface area contributed by atoms with Crippen molar-refractivity contribution in [3.05, 3.63) is 59.4 Å². The smallest absolute Gasteiger partial charge is 0.130 e. The van der Waals surface area contributed by atoms with Crippen LogP contribution in [0.1, 0.15) is 36.2 Å². The lowest BCUT2D eigenvalue weighted by Crippen LogP contribution is -2.16. The van der Waals surface area contributed by atoms with Gasteiger partial charge in [-0.25, -0.2) is 0 Å². The fourth-order valence-corrected chi connectivity index (χ4v) is 2.29. The maximum Gasteiger partial charge on any atom is 0.130 e. The first-order chi connectivity index (χ1) is 9.76. The number of para-hydroxylation sites is 1. The lowest BCUT2D eigenvalue weighted by Gasteiger charge is -2.18. The van der Waals surface area contributed by atoms with Crippen LogP contribution in [-0.4, -0.2) is 12.0 Å². The molecule has 1 aromatic heterocycles. The highest BCUT2D eigenvalue weighted by molar-refractivity contribution is 5.36. The van der Waals surface area contributed by atoms with E-state index in [1.54, 1.807) is 6.20 Å². The molecule has 106 valence electrons. The predicted molar refractivity (Wildman–Crippen MR) is 81.8 cm³/mol. The Balaban J connectivity index is 2.16. The molecule has 0 aliphatic heterocycles. The van der Waals surface area contributed by atoms with Gasteiger partial charge >= 0.3 is 0 Å². The van der Waals surface area contributed by atoms with Gasteiger partial charge in [0.1, 0.15) is 12.4 Å². The van der Waals surface area contributed by atoms with Gasteiger partial charge in [-0.15, -0.1) is 0 Å². The van der Waals surface area contributed by atoms with Crippen LogP contribution in [0.15, 0.2) is 42.6 Å². The molecule has 0 radical (unpaired) electrons. The summed E-state index contributed by atoms with van der Waals surface area (Å²) in [4.78, 5) is 4.37. The maximum absolute atomic E-state index is 5.99. The van der Waals surface area contributed by atoms with Gasteiger partial charge in [0.25, 0.3) is 0 Å². The second-order valence-corrected chi connectivity index (χ2v) is 4.84. The van der Waals surface area contributed by atoms with E-state index in [4.69, 9.17) is 4.74 Å². The minimum atomic E-state index is 0.316. The van der Waals surface area contributed by atoms with Crippen molar-refractivity contribution in [3.63, 3.8) is 0 Å². The molecule has 1 unspecified atom stereocenters. The molecule has 20 heavy (non-hydrogen) atoms. The van der Waals surface area contributed by atoms with Crippen LogP contribution in [0.3, 0.4) is 0 Å². The minimum Gasteiger partial charge on any atom is -0.487 e. The first kappa shape index (κ1) is 14.5. The Morgan fingerprint density at radius 2 is 2.00 bits per heavy atom. The highest BCUT2D eigenvalue weighted by atomic mass is 16.5. The Kier molecular flexibility index (Phi) is 5.13. The summed E-state index contributed by atoms with van der Waals surface area (Å²) < 4.78 is 5.99. The molecular weight excluding hydrogens is 248 g/mol. The second kappa shape index (κ2) is 7.06. The third-order valence-electron chi connectivity index (χ3n) is 3.53. The van der Waals surface area contributed by atoms with E-state index < -0.39 is 0 Å². The van der Waals surface area contributed by atoms with Crippen LogP contribution in [0.4, 0.5) is 0 Å². The van der Waals surface area contributed by atoms with Crippen LogP contribution in [0.25, 0.3) is 0 Å². The van der Waals surface area contributed by atoms with Crippen LogP contribution in [0.2, 0.25) is 0 Å². The number of benzene rings is 1. The molecule has 0 fully saturated rings. The second-order valence-electron chi connectivity index (χ2n) is 4.84. The molecule has 3 nitrogen and oxygen atoms in total. The Morgan fingerprint density at radius 3 is 2.70 bits per heavy atom. The molecule has 3 heteroatoms. The number of ether oxygens (including phenoxy) is 1. The number of pyridine rings is 1. The van der Waals surface area contributed by atoms with E-state index >= 15 is 0 Å². The van der Waals surface area contributed by atoms with Gasteiger partial charge in [0, 0.05) is 17.8 Å². The van der Waals surface area contributed by atoms with Crippen molar-refractivity contribution in [2.24, 2.45) is 0 Å². The maximum atomic E-state index is 5.99. The third-order valence-corrected chi connectivity index (χ3v) is 3.53. The minimum absolute atomic E-state index is 0.316. The van der Waals surface area contributed by atoms with Gasteiger partial charge < -0.3 is 10.1 Å². The van der Waals surface area contributed by atoms with Gasteiger partial charge in [-0.3, -0.25) is 4.98 Å². The highest BCUT2D eigenvalue weighted by Crippen LogP contribution is 2.27. The van der Waals surface area contributed by atoms with Crippen molar-refractivity contribution in [2.75, 3.05) is 7.05 Å². The SMILES string of the molecule is CCC(NC)c1ccccc1OCc1ncccc1C. The third kappa shape index (κ3) is 3.36. The first-order valence-electron chi connectivity index (χ1n) is 7.05. The largest absolute Gasteiger partial charge is 0.487 e. The van der Waals surface area contributed by atoms with Crippen molar-refractivity contribution >= 4 is 0 Å². The van der Waals surface area contributed by atoms with Crippen LogP contribution >= 0.6 is 0 Å². The molecule has 1 aromatic carbocycles. The van der Waals surface area contributed by atoms with Crippen molar-refractivity contribution in [3.8, 4) is 5.75 Å². The van der Waals surface area contributed by atoms with E-state index in [0.29, 0.717) is 12.6 Å². The number of aromatic nitrogens is 1. The zero-order chi connectivity index (χ0) is 14.4. The summed E-state index contributed by atoms with van der Waals surface area (Å²) in [5.41, 5.74) is 3.34. The van der Waals surface area contributed by atoms with E-state index in [2.05, 4.69) is 36.3 Å². The number of hydrogen-bond donors (Lipinski definition) is 1. The van der Waals surface area contributed by atoms with Crippen molar-refractivity contribution in [1.29, 1.82) is 0 Å². The molecule has 1 atom stereocenters. The van der Waals surface area contributed by atoms with E-state index in [-0.39, 0.29) is 0 Å². The molecule has 0 amide bonds. The number of aryl methyl sites for hydroxylation is 1. The van der Waals surface area contributed by atoms with Gasteiger partial charge in [-0.05, 0) is 38.1 Å². The predicted octanol–water partition coefficient (Wildman–Crippen LogP) is 3.64. The van der Waals surface area contributed by atoms with Gasteiger partial charge in [0.2, 0.25) is 0 Å². The lowest BCUT2D eigenvalue weighted by atomic mass is 10.0. The molecule has 2 aromatic rings. The summed E-state index contributed by atoms with van der Waals surface area (Å²) in [6, 6.07) is 12.5. The number of nitrogens with zero attached hydrogens (tertiary/aromatic N) is 1. The van der Waals surface area contributed by atoms with Crippen LogP contribution < -0.4 is 10.1 Å². The van der Waals surface area contributed by atoms with Crippen molar-refractivity contribution < 1.29 is 4.74 Å². The molecule has 1 N–H and O–H groups in total.